The Balaban J connectivity index is 1.79. The second-order valence-electron chi connectivity index (χ2n) is 5.00. The molecule has 2 aliphatic heterocycles. The van der Waals surface area contributed by atoms with Crippen LogP contribution in [-0.2, 0) is 9.57 Å². The van der Waals surface area contributed by atoms with Gasteiger partial charge < -0.3 is 10.1 Å². The summed E-state index contributed by atoms with van der Waals surface area (Å²) in [6.07, 6.45) is 5.47. The fourth-order valence-electron chi connectivity index (χ4n) is 2.49. The predicted molar refractivity (Wildman–Crippen MR) is 72.6 cm³/mol. The summed E-state index contributed by atoms with van der Waals surface area (Å²) in [6, 6.07) is 3.48. The van der Waals surface area contributed by atoms with Gasteiger partial charge in [0.05, 0.1) is 24.1 Å². The molecule has 6 nitrogen and oxygen atoms in total. The predicted octanol–water partition coefficient (Wildman–Crippen LogP) is 0.866. The number of pyridine rings is 1. The molecule has 1 aromatic rings. The molecule has 0 aromatic carbocycles. The zero-order chi connectivity index (χ0) is 14.0. The van der Waals surface area contributed by atoms with Crippen LogP contribution in [0.15, 0.2) is 24.4 Å². The van der Waals surface area contributed by atoms with Crippen LogP contribution < -0.4 is 10.8 Å². The molecule has 1 fully saturated rings. The Hall–Kier alpha value is -1.92. The minimum atomic E-state index is -0.386. The van der Waals surface area contributed by atoms with Gasteiger partial charge >= 0.3 is 5.97 Å². The smallest absolute Gasteiger partial charge is 0.339 e. The minimum absolute atomic E-state index is 0.233. The Morgan fingerprint density at radius 2 is 2.20 bits per heavy atom. The van der Waals surface area contributed by atoms with E-state index in [4.69, 9.17) is 4.84 Å². The molecule has 0 bridgehead atoms. The number of ether oxygens (including phenoxy) is 1. The average Bonchev–Trinajstić information content (AvgIpc) is 2.91. The molecule has 1 saturated heterocycles. The van der Waals surface area contributed by atoms with E-state index in [0.717, 1.165) is 37.3 Å². The molecular weight excluding hydrogens is 258 g/mol. The van der Waals surface area contributed by atoms with E-state index in [2.05, 4.69) is 26.6 Å². The number of aromatic nitrogens is 1. The molecule has 0 amide bonds. The van der Waals surface area contributed by atoms with E-state index in [0.29, 0.717) is 5.56 Å². The van der Waals surface area contributed by atoms with Gasteiger partial charge in [-0.25, -0.2) is 4.79 Å². The van der Waals surface area contributed by atoms with Gasteiger partial charge in [0.1, 0.15) is 5.60 Å². The summed E-state index contributed by atoms with van der Waals surface area (Å²) in [7, 11) is 1.35. The van der Waals surface area contributed by atoms with Gasteiger partial charge in [-0.3, -0.25) is 15.3 Å². The van der Waals surface area contributed by atoms with Crippen molar-refractivity contribution in [3.63, 3.8) is 0 Å². The monoisotopic (exact) mass is 275 g/mol. The van der Waals surface area contributed by atoms with Crippen LogP contribution in [0, 0.1) is 0 Å². The van der Waals surface area contributed by atoms with E-state index in [1.807, 2.05) is 0 Å². The molecule has 6 heteroatoms. The van der Waals surface area contributed by atoms with Crippen LogP contribution in [0.2, 0.25) is 0 Å². The SMILES string of the molecule is COC(=O)c1ccc(C2=CC3(CCNCC3)ON2)nc1. The van der Waals surface area contributed by atoms with Crippen LogP contribution in [-0.4, -0.2) is 36.8 Å². The Bertz CT molecular complexity index is 533. The number of carbonyl (C=O) groups excluding carboxylic acids is 1. The number of methoxy groups -OCH3 is 1. The van der Waals surface area contributed by atoms with Crippen molar-refractivity contribution in [3.05, 3.63) is 35.7 Å². The number of rotatable bonds is 2. The summed E-state index contributed by atoms with van der Waals surface area (Å²) in [5.74, 6) is -0.386. The fourth-order valence-corrected chi connectivity index (χ4v) is 2.49. The van der Waals surface area contributed by atoms with Crippen molar-refractivity contribution in [2.24, 2.45) is 0 Å². The van der Waals surface area contributed by atoms with Gasteiger partial charge in [0, 0.05) is 6.20 Å². The minimum Gasteiger partial charge on any atom is -0.465 e. The van der Waals surface area contributed by atoms with Crippen LogP contribution in [0.5, 0.6) is 0 Å². The molecule has 2 N–H and O–H groups in total. The van der Waals surface area contributed by atoms with Gasteiger partial charge in [0.15, 0.2) is 0 Å². The van der Waals surface area contributed by atoms with Gasteiger partial charge in [-0.1, -0.05) is 0 Å². The van der Waals surface area contributed by atoms with E-state index in [1.165, 1.54) is 13.3 Å². The average molecular weight is 275 g/mol. The summed E-state index contributed by atoms with van der Waals surface area (Å²) in [6.45, 7) is 1.89. The van der Waals surface area contributed by atoms with Gasteiger partial charge in [0.25, 0.3) is 0 Å². The molecule has 0 radical (unpaired) electrons. The Morgan fingerprint density at radius 1 is 1.40 bits per heavy atom. The highest BCUT2D eigenvalue weighted by molar-refractivity contribution is 5.89. The normalized spacial score (nSPS) is 20.4. The first-order chi connectivity index (χ1) is 9.72. The lowest BCUT2D eigenvalue weighted by Crippen LogP contribution is -2.41. The first kappa shape index (κ1) is 13.1. The van der Waals surface area contributed by atoms with Crippen molar-refractivity contribution < 1.29 is 14.4 Å². The van der Waals surface area contributed by atoms with Gasteiger partial charge in [-0.05, 0) is 44.1 Å². The highest BCUT2D eigenvalue weighted by Crippen LogP contribution is 2.32. The van der Waals surface area contributed by atoms with Crippen LogP contribution in [0.4, 0.5) is 0 Å². The fraction of sp³-hybridized carbons (Fsp3) is 0.429. The van der Waals surface area contributed by atoms with Crippen LogP contribution in [0.1, 0.15) is 28.9 Å². The largest absolute Gasteiger partial charge is 0.465 e. The molecule has 3 rings (SSSR count). The van der Waals surface area contributed by atoms with Crippen molar-refractivity contribution in [2.75, 3.05) is 20.2 Å². The quantitative estimate of drug-likeness (QED) is 0.780. The second kappa shape index (κ2) is 5.22. The Morgan fingerprint density at radius 3 is 2.85 bits per heavy atom. The van der Waals surface area contributed by atoms with Crippen molar-refractivity contribution in [1.29, 1.82) is 0 Å². The highest BCUT2D eigenvalue weighted by atomic mass is 16.7. The summed E-state index contributed by atoms with van der Waals surface area (Å²) >= 11 is 0. The molecule has 1 spiro atoms. The first-order valence-corrected chi connectivity index (χ1v) is 6.65. The van der Waals surface area contributed by atoms with E-state index in [1.54, 1.807) is 12.1 Å². The molecule has 0 atom stereocenters. The number of esters is 1. The molecule has 0 aliphatic carbocycles. The number of piperidine rings is 1. The first-order valence-electron chi connectivity index (χ1n) is 6.65. The van der Waals surface area contributed by atoms with Gasteiger partial charge in [0.2, 0.25) is 0 Å². The zero-order valence-electron chi connectivity index (χ0n) is 11.3. The molecule has 3 heterocycles. The number of carbonyl (C=O) groups is 1. The maximum Gasteiger partial charge on any atom is 0.339 e. The van der Waals surface area contributed by atoms with E-state index < -0.39 is 0 Å². The van der Waals surface area contributed by atoms with Crippen molar-refractivity contribution in [3.8, 4) is 0 Å². The Kier molecular flexibility index (Phi) is 3.42. The highest BCUT2D eigenvalue weighted by Gasteiger charge is 2.36. The topological polar surface area (TPSA) is 72.5 Å². The van der Waals surface area contributed by atoms with Crippen LogP contribution in [0.25, 0.3) is 5.70 Å². The standard InChI is InChI=1S/C14H17N3O3/c1-19-13(18)10-2-3-11(16-9-10)12-8-14(20-17-12)4-6-15-7-5-14/h2-3,8-9,15,17H,4-7H2,1H3. The summed E-state index contributed by atoms with van der Waals surface area (Å²) in [5, 5.41) is 3.31. The number of hydrogen-bond acceptors (Lipinski definition) is 6. The molecule has 2 aliphatic rings. The van der Waals surface area contributed by atoms with Crippen molar-refractivity contribution >= 4 is 11.7 Å². The third kappa shape index (κ3) is 2.39. The molecule has 1 aromatic heterocycles. The zero-order valence-corrected chi connectivity index (χ0v) is 11.3. The third-order valence-corrected chi connectivity index (χ3v) is 3.68. The van der Waals surface area contributed by atoms with E-state index >= 15 is 0 Å². The van der Waals surface area contributed by atoms with Gasteiger partial charge in [-0.15, -0.1) is 0 Å². The second-order valence-corrected chi connectivity index (χ2v) is 5.00. The summed E-state index contributed by atoms with van der Waals surface area (Å²) in [4.78, 5) is 21.4. The number of hydrogen-bond donors (Lipinski definition) is 2. The van der Waals surface area contributed by atoms with Crippen LogP contribution in [0.3, 0.4) is 0 Å². The van der Waals surface area contributed by atoms with Crippen LogP contribution >= 0.6 is 0 Å². The number of nitrogens with zero attached hydrogens (tertiary/aromatic N) is 1. The van der Waals surface area contributed by atoms with Crippen molar-refractivity contribution in [2.45, 2.75) is 18.4 Å². The van der Waals surface area contributed by atoms with E-state index in [-0.39, 0.29) is 11.6 Å². The number of hydroxylamine groups is 1. The maximum absolute atomic E-state index is 11.4. The van der Waals surface area contributed by atoms with E-state index in [9.17, 15) is 4.79 Å². The molecule has 20 heavy (non-hydrogen) atoms. The summed E-state index contributed by atoms with van der Waals surface area (Å²) in [5.41, 5.74) is 4.76. The maximum atomic E-state index is 11.4. The molecule has 106 valence electrons. The molecular formula is C14H17N3O3. The van der Waals surface area contributed by atoms with Crippen molar-refractivity contribution in [1.82, 2.24) is 15.8 Å². The van der Waals surface area contributed by atoms with Gasteiger partial charge in [-0.2, -0.15) is 0 Å². The lowest BCUT2D eigenvalue weighted by molar-refractivity contribution is -0.0516. The lowest BCUT2D eigenvalue weighted by atomic mass is 9.92. The number of nitrogens with one attached hydrogen (secondary N) is 2. The third-order valence-electron chi connectivity index (χ3n) is 3.68. The molecule has 0 unspecified atom stereocenters. The summed E-state index contributed by atoms with van der Waals surface area (Å²) < 4.78 is 4.65. The Labute approximate surface area is 117 Å². The molecule has 0 saturated carbocycles. The lowest BCUT2D eigenvalue weighted by Gasteiger charge is -2.29.